The summed E-state index contributed by atoms with van der Waals surface area (Å²) in [6, 6.07) is 16.0. The van der Waals surface area contributed by atoms with Gasteiger partial charge in [-0.1, -0.05) is 36.4 Å². The Morgan fingerprint density at radius 1 is 1.12 bits per heavy atom. The summed E-state index contributed by atoms with van der Waals surface area (Å²) in [7, 11) is 1.62. The first kappa shape index (κ1) is 16.8. The number of hydrogen-bond acceptors (Lipinski definition) is 4. The first-order chi connectivity index (χ1) is 11.7. The van der Waals surface area contributed by atoms with Crippen molar-refractivity contribution in [3.63, 3.8) is 0 Å². The van der Waals surface area contributed by atoms with Crippen molar-refractivity contribution >= 4 is 0 Å². The van der Waals surface area contributed by atoms with Crippen molar-refractivity contribution in [2.45, 2.75) is 18.9 Å². The van der Waals surface area contributed by atoms with Crippen LogP contribution in [-0.4, -0.2) is 41.9 Å². The molecular weight excluding hydrogens is 302 g/mol. The molecule has 0 unspecified atom stereocenters. The number of ether oxygens (including phenoxy) is 1. The maximum absolute atomic E-state index is 10.4. The predicted octanol–water partition coefficient (Wildman–Crippen LogP) is 3.17. The van der Waals surface area contributed by atoms with Gasteiger partial charge in [-0.05, 0) is 24.6 Å². The fourth-order valence-electron chi connectivity index (χ4n) is 3.76. The van der Waals surface area contributed by atoms with Gasteiger partial charge >= 0.3 is 0 Å². The smallest absolute Gasteiger partial charge is 0.126 e. The summed E-state index contributed by atoms with van der Waals surface area (Å²) >= 11 is 0. The Labute approximate surface area is 143 Å². The molecule has 2 aromatic rings. The van der Waals surface area contributed by atoms with Crippen LogP contribution >= 0.6 is 0 Å². The number of aliphatic hydroxyl groups excluding tert-OH is 1. The molecule has 1 heterocycles. The summed E-state index contributed by atoms with van der Waals surface area (Å²) in [4.78, 5) is 2.37. The summed E-state index contributed by atoms with van der Waals surface area (Å²) in [5, 5.41) is 20.2. The van der Waals surface area contributed by atoms with Crippen LogP contribution in [0.4, 0.5) is 0 Å². The molecule has 2 N–H and O–H groups in total. The second-order valence-electron chi connectivity index (χ2n) is 6.48. The maximum atomic E-state index is 10.4. The third-order valence-corrected chi connectivity index (χ3v) is 5.17. The molecule has 3 atom stereocenters. The van der Waals surface area contributed by atoms with Crippen LogP contribution in [0.3, 0.4) is 0 Å². The van der Waals surface area contributed by atoms with Crippen LogP contribution in [0.15, 0.2) is 48.5 Å². The van der Waals surface area contributed by atoms with Crippen LogP contribution in [0.5, 0.6) is 11.5 Å². The number of phenolic OH excluding ortho intramolecular Hbond substituents is 1. The van der Waals surface area contributed by atoms with Gasteiger partial charge in [-0.25, -0.2) is 0 Å². The van der Waals surface area contributed by atoms with Gasteiger partial charge in [-0.3, -0.25) is 4.90 Å². The SMILES string of the molecule is COc1cccc(O)c1[C@@H]1CN([C@H](C)c2ccccc2)C[C@H]1CO. The zero-order valence-electron chi connectivity index (χ0n) is 14.2. The van der Waals surface area contributed by atoms with Crippen molar-refractivity contribution in [1.82, 2.24) is 4.90 Å². The van der Waals surface area contributed by atoms with E-state index < -0.39 is 0 Å². The Morgan fingerprint density at radius 2 is 1.88 bits per heavy atom. The number of hydrogen-bond donors (Lipinski definition) is 2. The molecule has 24 heavy (non-hydrogen) atoms. The largest absolute Gasteiger partial charge is 0.508 e. The minimum atomic E-state index is 0.0531. The van der Waals surface area contributed by atoms with Crippen molar-refractivity contribution in [2.24, 2.45) is 5.92 Å². The molecule has 0 amide bonds. The molecule has 0 aromatic heterocycles. The molecule has 0 radical (unpaired) electrons. The fourth-order valence-corrected chi connectivity index (χ4v) is 3.76. The molecule has 2 aromatic carbocycles. The van der Waals surface area contributed by atoms with E-state index in [1.165, 1.54) is 5.56 Å². The molecule has 4 nitrogen and oxygen atoms in total. The molecule has 0 bridgehead atoms. The normalized spacial score (nSPS) is 22.5. The van der Waals surface area contributed by atoms with Crippen LogP contribution in [0, 0.1) is 5.92 Å². The lowest BCUT2D eigenvalue weighted by atomic mass is 9.88. The van der Waals surface area contributed by atoms with Gasteiger partial charge in [0, 0.05) is 43.1 Å². The lowest BCUT2D eigenvalue weighted by molar-refractivity contribution is 0.201. The summed E-state index contributed by atoms with van der Waals surface area (Å²) in [5.74, 6) is 1.07. The van der Waals surface area contributed by atoms with Crippen LogP contribution < -0.4 is 4.74 Å². The maximum Gasteiger partial charge on any atom is 0.126 e. The topological polar surface area (TPSA) is 52.9 Å². The molecular formula is C20H25NO3. The Hall–Kier alpha value is -2.04. The molecule has 1 aliphatic heterocycles. The first-order valence-electron chi connectivity index (χ1n) is 8.41. The van der Waals surface area contributed by atoms with E-state index in [4.69, 9.17) is 4.74 Å². The molecule has 1 fully saturated rings. The molecule has 4 heteroatoms. The van der Waals surface area contributed by atoms with Gasteiger partial charge < -0.3 is 14.9 Å². The number of phenols is 1. The molecule has 1 aliphatic rings. The number of rotatable bonds is 5. The highest BCUT2D eigenvalue weighted by Crippen LogP contribution is 2.43. The molecule has 128 valence electrons. The average Bonchev–Trinajstić information content (AvgIpc) is 3.05. The van der Waals surface area contributed by atoms with Crippen molar-refractivity contribution in [3.8, 4) is 11.5 Å². The minimum Gasteiger partial charge on any atom is -0.508 e. The third kappa shape index (κ3) is 3.12. The molecule has 3 rings (SSSR count). The van der Waals surface area contributed by atoms with Crippen LogP contribution in [0.1, 0.15) is 30.0 Å². The Morgan fingerprint density at radius 3 is 2.54 bits per heavy atom. The van der Waals surface area contributed by atoms with Crippen molar-refractivity contribution < 1.29 is 14.9 Å². The second-order valence-corrected chi connectivity index (χ2v) is 6.48. The van der Waals surface area contributed by atoms with Crippen LogP contribution in [0.2, 0.25) is 0 Å². The summed E-state index contributed by atoms with van der Waals surface area (Å²) in [6.45, 7) is 3.87. The summed E-state index contributed by atoms with van der Waals surface area (Å²) in [6.07, 6.45) is 0. The van der Waals surface area contributed by atoms with Crippen molar-refractivity contribution in [3.05, 3.63) is 59.7 Å². The van der Waals surface area contributed by atoms with E-state index in [0.29, 0.717) is 5.75 Å². The summed E-state index contributed by atoms with van der Waals surface area (Å²) in [5.41, 5.74) is 2.07. The van der Waals surface area contributed by atoms with E-state index in [-0.39, 0.29) is 30.2 Å². The highest BCUT2D eigenvalue weighted by atomic mass is 16.5. The first-order valence-corrected chi connectivity index (χ1v) is 8.41. The quantitative estimate of drug-likeness (QED) is 0.886. The van der Waals surface area contributed by atoms with Crippen molar-refractivity contribution in [2.75, 3.05) is 26.8 Å². The number of nitrogens with zero attached hydrogens (tertiary/aromatic N) is 1. The average molecular weight is 327 g/mol. The van der Waals surface area contributed by atoms with Gasteiger partial charge in [0.25, 0.3) is 0 Å². The number of methoxy groups -OCH3 is 1. The lowest BCUT2D eigenvalue weighted by Gasteiger charge is -2.25. The van der Waals surface area contributed by atoms with E-state index in [2.05, 4.69) is 36.1 Å². The number of aromatic hydroxyl groups is 1. The van der Waals surface area contributed by atoms with E-state index >= 15 is 0 Å². The predicted molar refractivity (Wildman–Crippen MR) is 94.4 cm³/mol. The highest BCUT2D eigenvalue weighted by molar-refractivity contribution is 5.47. The van der Waals surface area contributed by atoms with Gasteiger partial charge in [0.2, 0.25) is 0 Å². The van der Waals surface area contributed by atoms with Crippen LogP contribution in [0.25, 0.3) is 0 Å². The van der Waals surface area contributed by atoms with Crippen LogP contribution in [-0.2, 0) is 0 Å². The van der Waals surface area contributed by atoms with E-state index in [1.54, 1.807) is 19.2 Å². The Kier molecular flexibility index (Phi) is 5.07. The Balaban J connectivity index is 1.88. The molecule has 1 saturated heterocycles. The standard InChI is InChI=1S/C20H25NO3/c1-14(15-7-4-3-5-8-15)21-11-16(13-22)17(12-21)20-18(23)9-6-10-19(20)24-2/h3-10,14,16-17,22-23H,11-13H2,1-2H3/t14-,16+,17-/m1/s1. The third-order valence-electron chi connectivity index (χ3n) is 5.17. The van der Waals surface area contributed by atoms with Gasteiger partial charge in [-0.15, -0.1) is 0 Å². The van der Waals surface area contributed by atoms with Gasteiger partial charge in [-0.2, -0.15) is 0 Å². The zero-order valence-corrected chi connectivity index (χ0v) is 14.2. The minimum absolute atomic E-state index is 0.0531. The molecule has 0 aliphatic carbocycles. The van der Waals surface area contributed by atoms with Crippen molar-refractivity contribution in [1.29, 1.82) is 0 Å². The number of benzene rings is 2. The van der Waals surface area contributed by atoms with E-state index in [1.807, 2.05) is 12.1 Å². The zero-order chi connectivity index (χ0) is 17.1. The second kappa shape index (κ2) is 7.24. The fraction of sp³-hybridized carbons (Fsp3) is 0.400. The number of aliphatic hydroxyl groups is 1. The molecule has 0 saturated carbocycles. The summed E-state index contributed by atoms with van der Waals surface area (Å²) < 4.78 is 5.45. The van der Waals surface area contributed by atoms with Gasteiger partial charge in [0.1, 0.15) is 11.5 Å². The highest BCUT2D eigenvalue weighted by Gasteiger charge is 2.38. The van der Waals surface area contributed by atoms with E-state index in [9.17, 15) is 10.2 Å². The van der Waals surface area contributed by atoms with Gasteiger partial charge in [0.15, 0.2) is 0 Å². The number of likely N-dealkylation sites (tertiary alicyclic amines) is 1. The lowest BCUT2D eigenvalue weighted by Crippen LogP contribution is -2.25. The van der Waals surface area contributed by atoms with E-state index in [0.717, 1.165) is 18.7 Å². The van der Waals surface area contributed by atoms with Gasteiger partial charge in [0.05, 0.1) is 7.11 Å². The molecule has 0 spiro atoms. The Bertz CT molecular complexity index is 674. The monoisotopic (exact) mass is 327 g/mol.